The van der Waals surface area contributed by atoms with Crippen molar-refractivity contribution in [3.63, 3.8) is 0 Å². The molecule has 0 aliphatic heterocycles. The quantitative estimate of drug-likeness (QED) is 0.0189. The molecule has 450 valence electrons. The molecule has 2 unspecified atom stereocenters. The van der Waals surface area contributed by atoms with Crippen LogP contribution in [0.15, 0.2) is 24.3 Å². The van der Waals surface area contributed by atoms with E-state index in [1.54, 1.807) is 0 Å². The minimum Gasteiger partial charge on any atom is -0.466 e. The Morgan fingerprint density at radius 1 is 0.385 bits per heavy atom. The number of rotatable bonds is 53. The molecule has 0 amide bonds. The molecule has 12 nitrogen and oxygen atoms in total. The van der Waals surface area contributed by atoms with E-state index in [0.717, 1.165) is 193 Å². The first-order valence-corrected chi connectivity index (χ1v) is 31.9. The summed E-state index contributed by atoms with van der Waals surface area (Å²) >= 11 is 0. The van der Waals surface area contributed by atoms with Gasteiger partial charge in [-0.25, -0.2) is 9.59 Å². The number of carbonyl (C=O) groups excluding carboxylic acids is 4. The fourth-order valence-corrected chi connectivity index (χ4v) is 8.83. The van der Waals surface area contributed by atoms with Gasteiger partial charge in [0.1, 0.15) is 12.2 Å². The Labute approximate surface area is 478 Å². The van der Waals surface area contributed by atoms with E-state index in [1.807, 2.05) is 0 Å². The van der Waals surface area contributed by atoms with E-state index >= 15 is 0 Å². The van der Waals surface area contributed by atoms with E-state index in [9.17, 15) is 19.2 Å². The summed E-state index contributed by atoms with van der Waals surface area (Å²) < 4.78 is 33.0. The fourth-order valence-electron chi connectivity index (χ4n) is 8.83. The Balaban J connectivity index is 4.37. The first kappa shape index (κ1) is 74.0. The van der Waals surface area contributed by atoms with Gasteiger partial charge in [-0.15, -0.1) is 0 Å². The summed E-state index contributed by atoms with van der Waals surface area (Å²) in [7, 11) is 0. The Morgan fingerprint density at radius 3 is 1.17 bits per heavy atom. The molecule has 0 aromatic heterocycles. The van der Waals surface area contributed by atoms with Crippen molar-refractivity contribution in [1.82, 2.24) is 9.80 Å². The van der Waals surface area contributed by atoms with E-state index in [4.69, 9.17) is 28.4 Å². The topological polar surface area (TPSA) is 130 Å². The number of ether oxygens (including phenoxy) is 6. The van der Waals surface area contributed by atoms with Gasteiger partial charge in [0.15, 0.2) is 13.2 Å². The molecular weight excluding hydrogens is 981 g/mol. The van der Waals surface area contributed by atoms with Gasteiger partial charge in [-0.1, -0.05) is 205 Å². The van der Waals surface area contributed by atoms with Crippen LogP contribution in [0.4, 0.5) is 9.59 Å². The fraction of sp³-hybridized carbons (Fsp3) is 0.818. The van der Waals surface area contributed by atoms with E-state index in [-0.39, 0.29) is 37.4 Å². The standard InChI is InChI=1S/C66H116N2O10/c1-7-13-17-21-35-45-59-75-65(71)77-61(47-39-19-15-9-3)49-41-33-29-25-23-27-31-37-43-57-73-63(69)51-53-68(56-55-67(11-5)12-6)54-52-64(70)74-58-44-38-32-28-24-26-30-34-42-50-62(48-40-20-16-10-4)78-66(72)76-60-46-36-22-18-14-8-2/h33-34,41-42,61-62H,7-32,37-40,43-44,47-60H2,1-6H3/b41-33-,42-34-. The third-order valence-corrected chi connectivity index (χ3v) is 13.9. The maximum Gasteiger partial charge on any atom is 0.509 e. The Bertz CT molecular complexity index is 1480. The van der Waals surface area contributed by atoms with Crippen LogP contribution < -0.4 is 0 Å². The van der Waals surface area contributed by atoms with Gasteiger partial charge in [0.25, 0.3) is 0 Å². The summed E-state index contributed by atoms with van der Waals surface area (Å²) in [5, 5.41) is 0. The largest absolute Gasteiger partial charge is 0.509 e. The maximum absolute atomic E-state index is 12.7. The molecule has 0 bridgehead atoms. The highest BCUT2D eigenvalue weighted by Crippen LogP contribution is 2.17. The predicted octanol–water partition coefficient (Wildman–Crippen LogP) is 17.0. The van der Waals surface area contributed by atoms with Crippen molar-refractivity contribution in [1.29, 1.82) is 0 Å². The van der Waals surface area contributed by atoms with Crippen LogP contribution in [0.25, 0.3) is 0 Å². The Morgan fingerprint density at radius 2 is 0.756 bits per heavy atom. The highest BCUT2D eigenvalue weighted by Gasteiger charge is 2.17. The average molecular weight is 1100 g/mol. The summed E-state index contributed by atoms with van der Waals surface area (Å²) in [4.78, 5) is 54.6. The van der Waals surface area contributed by atoms with E-state index in [2.05, 4.69) is 99.3 Å². The smallest absolute Gasteiger partial charge is 0.466 e. The molecule has 0 aromatic carbocycles. The van der Waals surface area contributed by atoms with Crippen LogP contribution in [0.5, 0.6) is 0 Å². The molecule has 78 heavy (non-hydrogen) atoms. The maximum atomic E-state index is 12.7. The molecule has 0 spiro atoms. The van der Waals surface area contributed by atoms with Crippen LogP contribution >= 0.6 is 0 Å². The Hall–Kier alpha value is -4.00. The van der Waals surface area contributed by atoms with Gasteiger partial charge in [0.2, 0.25) is 0 Å². The number of nitrogens with zero attached hydrogens (tertiary/aromatic N) is 2. The number of unbranched alkanes of at least 4 members (excludes halogenated alkanes) is 24. The van der Waals surface area contributed by atoms with E-state index in [0.29, 0.717) is 52.0 Å². The summed E-state index contributed by atoms with van der Waals surface area (Å²) in [6, 6.07) is 0. The van der Waals surface area contributed by atoms with Crippen LogP contribution in [-0.4, -0.2) is 112 Å². The molecule has 2 atom stereocenters. The summed E-state index contributed by atoms with van der Waals surface area (Å²) in [6.07, 6.45) is 43.3. The van der Waals surface area contributed by atoms with Crippen molar-refractivity contribution in [2.45, 2.75) is 285 Å². The van der Waals surface area contributed by atoms with Crippen molar-refractivity contribution in [2.75, 3.05) is 65.7 Å². The lowest BCUT2D eigenvalue weighted by molar-refractivity contribution is -0.144. The van der Waals surface area contributed by atoms with Crippen LogP contribution in [0, 0.1) is 23.7 Å². The van der Waals surface area contributed by atoms with Crippen molar-refractivity contribution in [2.24, 2.45) is 0 Å². The summed E-state index contributed by atoms with van der Waals surface area (Å²) in [6.45, 7) is 18.8. The highest BCUT2D eigenvalue weighted by atomic mass is 16.7. The SMILES string of the molecule is CCCCCC#CCOC(=O)OC(C/C=C\CCCCCCCCOC(=O)CCN(CCC(=O)OCCCCCCCC/C=C\CC(CCCCCC)OC(=O)OCC#CCCCCC)CCN(CC)CC)CCCCCC. The van der Waals surface area contributed by atoms with Gasteiger partial charge in [-0.05, 0) is 90.1 Å². The second kappa shape index (κ2) is 59.1. The van der Waals surface area contributed by atoms with Gasteiger partial charge in [0.05, 0.1) is 26.1 Å². The number of hydrogen-bond donors (Lipinski definition) is 0. The van der Waals surface area contributed by atoms with Crippen molar-refractivity contribution in [3.05, 3.63) is 24.3 Å². The third-order valence-electron chi connectivity index (χ3n) is 13.9. The molecule has 0 rings (SSSR count). The minimum absolute atomic E-state index is 0.0814. The van der Waals surface area contributed by atoms with E-state index < -0.39 is 12.3 Å². The lowest BCUT2D eigenvalue weighted by Crippen LogP contribution is -2.37. The zero-order chi connectivity index (χ0) is 57.0. The zero-order valence-electron chi connectivity index (χ0n) is 51.0. The molecular formula is C66H116N2O10. The van der Waals surface area contributed by atoms with Gasteiger partial charge in [0, 0.05) is 51.9 Å². The molecule has 12 heteroatoms. The molecule has 0 N–H and O–H groups in total. The van der Waals surface area contributed by atoms with Gasteiger partial charge < -0.3 is 38.2 Å². The lowest BCUT2D eigenvalue weighted by atomic mass is 10.1. The van der Waals surface area contributed by atoms with Crippen molar-refractivity contribution >= 4 is 24.2 Å². The number of carbonyl (C=O) groups is 4. The molecule has 0 radical (unpaired) electrons. The minimum atomic E-state index is -0.623. The zero-order valence-corrected chi connectivity index (χ0v) is 51.0. The molecule has 0 saturated heterocycles. The Kier molecular flexibility index (Phi) is 56.1. The summed E-state index contributed by atoms with van der Waals surface area (Å²) in [5.41, 5.74) is 0. The van der Waals surface area contributed by atoms with E-state index in [1.165, 1.54) is 38.5 Å². The van der Waals surface area contributed by atoms with Crippen LogP contribution in [-0.2, 0) is 38.0 Å². The van der Waals surface area contributed by atoms with Crippen LogP contribution in [0.2, 0.25) is 0 Å². The normalized spacial score (nSPS) is 12.1. The number of allylic oxidation sites excluding steroid dienone is 2. The predicted molar refractivity (Wildman–Crippen MR) is 321 cm³/mol. The number of esters is 2. The average Bonchev–Trinajstić information content (AvgIpc) is 3.43. The molecule has 0 heterocycles. The van der Waals surface area contributed by atoms with Gasteiger partial charge in [-0.2, -0.15) is 0 Å². The first-order chi connectivity index (χ1) is 38.2. The molecule has 0 aliphatic carbocycles. The molecule has 0 fully saturated rings. The van der Waals surface area contributed by atoms with Gasteiger partial charge >= 0.3 is 24.2 Å². The lowest BCUT2D eigenvalue weighted by Gasteiger charge is -2.25. The highest BCUT2D eigenvalue weighted by molar-refractivity contribution is 5.70. The summed E-state index contributed by atoms with van der Waals surface area (Å²) in [5.74, 6) is 11.6. The third kappa shape index (κ3) is 52.7. The second-order valence-electron chi connectivity index (χ2n) is 20.9. The second-order valence-corrected chi connectivity index (χ2v) is 20.9. The van der Waals surface area contributed by atoms with Crippen molar-refractivity contribution in [3.8, 4) is 23.7 Å². The first-order valence-electron chi connectivity index (χ1n) is 31.9. The van der Waals surface area contributed by atoms with Crippen LogP contribution in [0.1, 0.15) is 273 Å². The molecule has 0 aromatic rings. The molecule has 0 saturated carbocycles. The monoisotopic (exact) mass is 1100 g/mol. The number of hydrogen-bond acceptors (Lipinski definition) is 12. The molecule has 0 aliphatic rings. The van der Waals surface area contributed by atoms with Gasteiger partial charge in [-0.3, -0.25) is 9.59 Å². The number of likely N-dealkylation sites (N-methyl/N-ethyl adjacent to an activating group) is 1. The van der Waals surface area contributed by atoms with Crippen LogP contribution in [0.3, 0.4) is 0 Å². The van der Waals surface area contributed by atoms with Crippen molar-refractivity contribution < 1.29 is 47.6 Å².